The van der Waals surface area contributed by atoms with Crippen molar-refractivity contribution in [3.8, 4) is 0 Å². The highest BCUT2D eigenvalue weighted by Crippen LogP contribution is 2.30. The van der Waals surface area contributed by atoms with Crippen LogP contribution in [0, 0.1) is 5.82 Å². The van der Waals surface area contributed by atoms with E-state index in [2.05, 4.69) is 10.2 Å². The molecule has 1 N–H and O–H groups in total. The molecule has 0 bridgehead atoms. The van der Waals surface area contributed by atoms with E-state index in [1.807, 2.05) is 20.8 Å². The normalized spacial score (nSPS) is 25.8. The first kappa shape index (κ1) is 16.4. The number of hydrogen-bond donors (Lipinski definition) is 1. The van der Waals surface area contributed by atoms with Gasteiger partial charge in [0.2, 0.25) is 5.91 Å². The molecule has 126 valence electrons. The highest BCUT2D eigenvalue weighted by atomic mass is 19.1. The second kappa shape index (κ2) is 6.21. The monoisotopic (exact) mass is 320 g/mol. The van der Waals surface area contributed by atoms with Gasteiger partial charge in [0.25, 0.3) is 0 Å². The smallest absolute Gasteiger partial charge is 0.242 e. The van der Waals surface area contributed by atoms with Crippen LogP contribution in [0.2, 0.25) is 0 Å². The molecule has 0 spiro atoms. The quantitative estimate of drug-likeness (QED) is 0.927. The van der Waals surface area contributed by atoms with Crippen LogP contribution >= 0.6 is 0 Å². The molecule has 1 aliphatic heterocycles. The van der Waals surface area contributed by atoms with Crippen molar-refractivity contribution in [1.82, 2.24) is 10.2 Å². The minimum Gasteiger partial charge on any atom is -0.370 e. The predicted molar refractivity (Wildman–Crippen MR) is 86.5 cm³/mol. The molecule has 0 aromatic heterocycles. The molecule has 1 aromatic carbocycles. The fraction of sp³-hybridized carbons (Fsp3) is 0.611. The Labute approximate surface area is 137 Å². The summed E-state index contributed by atoms with van der Waals surface area (Å²) in [4.78, 5) is 15.0. The highest BCUT2D eigenvalue weighted by Gasteiger charge is 2.39. The van der Waals surface area contributed by atoms with Gasteiger partial charge in [0.05, 0.1) is 11.7 Å². The summed E-state index contributed by atoms with van der Waals surface area (Å²) < 4.78 is 19.2. The fourth-order valence-corrected chi connectivity index (χ4v) is 3.38. The van der Waals surface area contributed by atoms with Crippen LogP contribution in [0.4, 0.5) is 4.39 Å². The summed E-state index contributed by atoms with van der Waals surface area (Å²) in [6.45, 7) is 7.45. The van der Waals surface area contributed by atoms with Gasteiger partial charge in [-0.3, -0.25) is 9.69 Å². The Balaban J connectivity index is 1.87. The summed E-state index contributed by atoms with van der Waals surface area (Å²) in [7, 11) is 0. The Morgan fingerprint density at radius 1 is 1.35 bits per heavy atom. The molecule has 23 heavy (non-hydrogen) atoms. The van der Waals surface area contributed by atoms with Gasteiger partial charge in [-0.05, 0) is 51.3 Å². The first-order valence-electron chi connectivity index (χ1n) is 8.32. The van der Waals surface area contributed by atoms with Crippen molar-refractivity contribution < 1.29 is 13.9 Å². The number of amides is 1. The summed E-state index contributed by atoms with van der Waals surface area (Å²) in [5.41, 5.74) is 0.518. The molecule has 1 aliphatic carbocycles. The lowest BCUT2D eigenvalue weighted by Crippen LogP contribution is -2.55. The molecule has 1 aromatic rings. The van der Waals surface area contributed by atoms with Crippen LogP contribution in [0.25, 0.3) is 0 Å². The van der Waals surface area contributed by atoms with Crippen molar-refractivity contribution in [3.05, 3.63) is 35.6 Å². The van der Waals surface area contributed by atoms with Crippen LogP contribution in [0.5, 0.6) is 0 Å². The average molecular weight is 320 g/mol. The van der Waals surface area contributed by atoms with E-state index in [4.69, 9.17) is 4.74 Å². The number of nitrogens with one attached hydrogen (secondary N) is 1. The van der Waals surface area contributed by atoms with Gasteiger partial charge in [-0.15, -0.1) is 0 Å². The molecule has 1 saturated heterocycles. The maximum atomic E-state index is 13.3. The SMILES string of the molecule is C[C@H]1CN([C@@H](C(=O)NC2CC2)c2ccc(F)cc2)CC(C)(C)O1. The van der Waals surface area contributed by atoms with E-state index in [0.717, 1.165) is 18.4 Å². The number of ether oxygens (including phenoxy) is 1. The Bertz CT molecular complexity index is 569. The van der Waals surface area contributed by atoms with E-state index in [1.54, 1.807) is 12.1 Å². The highest BCUT2D eigenvalue weighted by molar-refractivity contribution is 5.83. The molecule has 1 heterocycles. The van der Waals surface area contributed by atoms with Crippen molar-refractivity contribution in [2.75, 3.05) is 13.1 Å². The molecule has 2 aliphatic rings. The number of morpholine rings is 1. The number of halogens is 1. The van der Waals surface area contributed by atoms with Gasteiger partial charge in [0, 0.05) is 19.1 Å². The molecule has 1 amide bonds. The lowest BCUT2D eigenvalue weighted by molar-refractivity contribution is -0.150. The second-order valence-electron chi connectivity index (χ2n) is 7.35. The van der Waals surface area contributed by atoms with Crippen LogP contribution < -0.4 is 5.32 Å². The maximum Gasteiger partial charge on any atom is 0.242 e. The molecule has 5 heteroatoms. The van der Waals surface area contributed by atoms with Crippen LogP contribution in [-0.4, -0.2) is 41.6 Å². The minimum atomic E-state index is -0.401. The van der Waals surface area contributed by atoms with Crippen LogP contribution in [-0.2, 0) is 9.53 Å². The minimum absolute atomic E-state index is 0.00371. The first-order valence-corrected chi connectivity index (χ1v) is 8.32. The van der Waals surface area contributed by atoms with E-state index in [1.165, 1.54) is 12.1 Å². The van der Waals surface area contributed by atoms with Gasteiger partial charge < -0.3 is 10.1 Å². The van der Waals surface area contributed by atoms with Gasteiger partial charge in [-0.25, -0.2) is 4.39 Å². The summed E-state index contributed by atoms with van der Waals surface area (Å²) in [6.07, 6.45) is 2.15. The molecule has 0 unspecified atom stereocenters. The first-order chi connectivity index (χ1) is 10.8. The summed E-state index contributed by atoms with van der Waals surface area (Å²) in [5, 5.41) is 3.09. The van der Waals surface area contributed by atoms with Gasteiger partial charge in [-0.1, -0.05) is 12.1 Å². The Morgan fingerprint density at radius 3 is 2.57 bits per heavy atom. The molecule has 0 radical (unpaired) electrons. The van der Waals surface area contributed by atoms with Crippen molar-refractivity contribution >= 4 is 5.91 Å². The van der Waals surface area contributed by atoms with E-state index >= 15 is 0 Å². The third-order valence-electron chi connectivity index (χ3n) is 4.32. The molecular formula is C18H25FN2O2. The average Bonchev–Trinajstić information content (AvgIpc) is 3.23. The van der Waals surface area contributed by atoms with Crippen LogP contribution in [0.3, 0.4) is 0 Å². The van der Waals surface area contributed by atoms with E-state index < -0.39 is 6.04 Å². The van der Waals surface area contributed by atoms with E-state index in [0.29, 0.717) is 19.1 Å². The maximum absolute atomic E-state index is 13.3. The largest absolute Gasteiger partial charge is 0.370 e. The standard InChI is InChI=1S/C18H25FN2O2/c1-12-10-21(11-18(2,3)23-12)16(17(22)20-15-8-9-15)13-4-6-14(19)7-5-13/h4-7,12,15-16H,8-11H2,1-3H3,(H,20,22)/t12-,16+/m0/s1. The second-order valence-corrected chi connectivity index (χ2v) is 7.35. The molecule has 2 atom stereocenters. The Kier molecular flexibility index (Phi) is 4.43. The zero-order chi connectivity index (χ0) is 16.6. The Morgan fingerprint density at radius 2 is 2.00 bits per heavy atom. The predicted octanol–water partition coefficient (Wildman–Crippen LogP) is 2.64. The molecule has 4 nitrogen and oxygen atoms in total. The third kappa shape index (κ3) is 4.09. The number of benzene rings is 1. The van der Waals surface area contributed by atoms with Gasteiger partial charge in [-0.2, -0.15) is 0 Å². The number of nitrogens with zero attached hydrogens (tertiary/aromatic N) is 1. The third-order valence-corrected chi connectivity index (χ3v) is 4.32. The number of rotatable bonds is 4. The van der Waals surface area contributed by atoms with Crippen molar-refractivity contribution in [2.24, 2.45) is 0 Å². The van der Waals surface area contributed by atoms with Crippen molar-refractivity contribution in [1.29, 1.82) is 0 Å². The van der Waals surface area contributed by atoms with Crippen molar-refractivity contribution in [3.63, 3.8) is 0 Å². The van der Waals surface area contributed by atoms with E-state index in [-0.39, 0.29) is 23.4 Å². The summed E-state index contributed by atoms with van der Waals surface area (Å²) >= 11 is 0. The fourth-order valence-electron chi connectivity index (χ4n) is 3.38. The summed E-state index contributed by atoms with van der Waals surface area (Å²) in [5.74, 6) is -0.283. The van der Waals surface area contributed by atoms with Gasteiger partial charge in [0.15, 0.2) is 0 Å². The van der Waals surface area contributed by atoms with Gasteiger partial charge in [0.1, 0.15) is 11.9 Å². The van der Waals surface area contributed by atoms with Gasteiger partial charge >= 0.3 is 0 Å². The van der Waals surface area contributed by atoms with E-state index in [9.17, 15) is 9.18 Å². The molecule has 1 saturated carbocycles. The topological polar surface area (TPSA) is 41.6 Å². The Hall–Kier alpha value is -1.46. The molecule has 3 rings (SSSR count). The zero-order valence-corrected chi connectivity index (χ0v) is 14.0. The number of carbonyl (C=O) groups excluding carboxylic acids is 1. The molecule has 2 fully saturated rings. The summed E-state index contributed by atoms with van der Waals surface area (Å²) in [6, 6.07) is 6.15. The van der Waals surface area contributed by atoms with Crippen LogP contribution in [0.15, 0.2) is 24.3 Å². The number of carbonyl (C=O) groups is 1. The van der Waals surface area contributed by atoms with Crippen molar-refractivity contribution in [2.45, 2.75) is 57.4 Å². The lowest BCUT2D eigenvalue weighted by atomic mass is 9.98. The number of hydrogen-bond acceptors (Lipinski definition) is 3. The lowest BCUT2D eigenvalue weighted by Gasteiger charge is -2.44. The molecular weight excluding hydrogens is 295 g/mol. The zero-order valence-electron chi connectivity index (χ0n) is 14.0. The van der Waals surface area contributed by atoms with Crippen LogP contribution in [0.1, 0.15) is 45.2 Å².